The van der Waals surface area contributed by atoms with Crippen molar-refractivity contribution in [3.05, 3.63) is 89.0 Å². The maximum Gasteiger partial charge on any atom is 0.333 e. The summed E-state index contributed by atoms with van der Waals surface area (Å²) in [5.41, 5.74) is 7.58. The number of anilines is 1. The molecule has 0 saturated carbocycles. The number of nitriles is 1. The lowest BCUT2D eigenvalue weighted by atomic mass is 9.98. The lowest BCUT2D eigenvalue weighted by Crippen LogP contribution is -2.40. The molecule has 0 spiro atoms. The molecule has 1 atom stereocenters. The summed E-state index contributed by atoms with van der Waals surface area (Å²) < 4.78 is 9.02. The number of hydrogen-bond acceptors (Lipinski definition) is 8. The van der Waals surface area contributed by atoms with Gasteiger partial charge in [-0.15, -0.1) is 0 Å². The van der Waals surface area contributed by atoms with Crippen LogP contribution in [0.4, 0.5) is 5.82 Å². The molecule has 1 amide bonds. The van der Waals surface area contributed by atoms with Crippen molar-refractivity contribution >= 4 is 22.8 Å². The number of aliphatic hydroxyl groups excluding tert-OH is 2. The summed E-state index contributed by atoms with van der Waals surface area (Å²) >= 11 is 0. The van der Waals surface area contributed by atoms with Crippen LogP contribution in [0.5, 0.6) is 11.5 Å². The van der Waals surface area contributed by atoms with Gasteiger partial charge in [0, 0.05) is 32.5 Å². The van der Waals surface area contributed by atoms with Gasteiger partial charge in [0.05, 0.1) is 17.2 Å². The van der Waals surface area contributed by atoms with E-state index in [9.17, 15) is 25.1 Å². The zero-order valence-electron chi connectivity index (χ0n) is 23.7. The van der Waals surface area contributed by atoms with E-state index in [1.807, 2.05) is 36.4 Å². The highest BCUT2D eigenvalue weighted by molar-refractivity contribution is 5.97. The minimum Gasteiger partial charge on any atom is -0.457 e. The monoisotopic (exact) mass is 582 g/mol. The Bertz CT molecular complexity index is 1700. The zero-order chi connectivity index (χ0) is 30.3. The number of aromatic nitrogens is 3. The minimum atomic E-state index is -0.419. The van der Waals surface area contributed by atoms with Gasteiger partial charge in [-0.2, -0.15) is 5.26 Å². The number of nitrogens with zero attached hydrogens (tertiary/aromatic N) is 5. The van der Waals surface area contributed by atoms with Crippen molar-refractivity contribution in [1.82, 2.24) is 19.0 Å². The second-order valence-corrected chi connectivity index (χ2v) is 10.5. The molecule has 0 unspecified atom stereocenters. The van der Waals surface area contributed by atoms with E-state index in [1.165, 1.54) is 4.57 Å². The van der Waals surface area contributed by atoms with Crippen LogP contribution < -0.4 is 16.2 Å². The molecular weight excluding hydrogens is 548 g/mol. The number of hydrogen-bond donors (Lipinski definition) is 3. The van der Waals surface area contributed by atoms with Crippen LogP contribution in [-0.4, -0.2) is 60.9 Å². The fourth-order valence-electron chi connectivity index (χ4n) is 5.62. The van der Waals surface area contributed by atoms with Crippen molar-refractivity contribution in [3.8, 4) is 23.3 Å². The lowest BCUT2D eigenvalue weighted by Gasteiger charge is -2.25. The number of likely N-dealkylation sites (tertiary alicyclic amines) is 1. The Kier molecular flexibility index (Phi) is 9.20. The Morgan fingerprint density at radius 3 is 2.47 bits per heavy atom. The number of carbonyl (C=O) groups excluding carboxylic acids is 1. The molecule has 3 heterocycles. The summed E-state index contributed by atoms with van der Waals surface area (Å²) in [6, 6.07) is 19.9. The smallest absolute Gasteiger partial charge is 0.333 e. The second kappa shape index (κ2) is 13.4. The van der Waals surface area contributed by atoms with Gasteiger partial charge in [-0.05, 0) is 74.1 Å². The first kappa shape index (κ1) is 29.6. The summed E-state index contributed by atoms with van der Waals surface area (Å²) in [5.74, 6) is 0.790. The van der Waals surface area contributed by atoms with Crippen LogP contribution in [-0.2, 0) is 11.3 Å². The van der Waals surface area contributed by atoms with E-state index in [4.69, 9.17) is 10.5 Å². The molecule has 1 fully saturated rings. The number of ether oxygens (including phenoxy) is 1. The molecule has 11 nitrogen and oxygen atoms in total. The minimum absolute atomic E-state index is 0.0279. The molecule has 4 aromatic rings. The molecule has 222 valence electrons. The summed E-state index contributed by atoms with van der Waals surface area (Å²) in [6.07, 6.45) is 5.15. The summed E-state index contributed by atoms with van der Waals surface area (Å²) in [7, 11) is 0. The molecule has 43 heavy (non-hydrogen) atoms. The van der Waals surface area contributed by atoms with Crippen molar-refractivity contribution in [2.45, 2.75) is 38.3 Å². The second-order valence-electron chi connectivity index (χ2n) is 10.5. The molecule has 0 bridgehead atoms. The van der Waals surface area contributed by atoms with Crippen molar-refractivity contribution < 1.29 is 19.7 Å². The molecule has 2 aromatic heterocycles. The fraction of sp³-hybridized carbons (Fsp3) is 0.312. The van der Waals surface area contributed by atoms with Crippen molar-refractivity contribution in [3.63, 3.8) is 0 Å². The van der Waals surface area contributed by atoms with Crippen molar-refractivity contribution in [2.75, 3.05) is 25.5 Å². The number of benzene rings is 2. The van der Waals surface area contributed by atoms with Crippen molar-refractivity contribution in [1.29, 1.82) is 5.26 Å². The quantitative estimate of drug-likeness (QED) is 0.179. The molecule has 0 aliphatic carbocycles. The number of aliphatic hydroxyl groups is 2. The van der Waals surface area contributed by atoms with E-state index in [1.54, 1.807) is 52.1 Å². The fourth-order valence-corrected chi connectivity index (χ4v) is 5.62. The van der Waals surface area contributed by atoms with Gasteiger partial charge in [0.2, 0.25) is 0 Å². The van der Waals surface area contributed by atoms with E-state index in [0.717, 1.165) is 6.42 Å². The first-order valence-corrected chi connectivity index (χ1v) is 14.3. The molecule has 11 heteroatoms. The largest absolute Gasteiger partial charge is 0.457 e. The van der Waals surface area contributed by atoms with Gasteiger partial charge in [-0.3, -0.25) is 13.9 Å². The lowest BCUT2D eigenvalue weighted by molar-refractivity contribution is -0.127. The SMILES string of the molecule is N#C/C(=C\C(CCO)CCO)C(=O)N1CCC[C@H]1Cn1c(=O)n(-c2ccc(Oc3ccccc3)cc2)c2c(N)nccc21. The number of amides is 1. The average Bonchev–Trinajstić information content (AvgIpc) is 3.60. The van der Waals surface area contributed by atoms with E-state index in [0.29, 0.717) is 54.0 Å². The van der Waals surface area contributed by atoms with E-state index < -0.39 is 5.91 Å². The third kappa shape index (κ3) is 6.30. The number of carbonyl (C=O) groups is 1. The van der Waals surface area contributed by atoms with Gasteiger partial charge >= 0.3 is 5.69 Å². The average molecular weight is 583 g/mol. The molecule has 5 rings (SSSR count). The number of imidazole rings is 1. The number of allylic oxidation sites excluding steroid dienone is 1. The maximum absolute atomic E-state index is 14.0. The summed E-state index contributed by atoms with van der Waals surface area (Å²) in [4.78, 5) is 33.3. The van der Waals surface area contributed by atoms with Crippen LogP contribution in [0.25, 0.3) is 16.7 Å². The van der Waals surface area contributed by atoms with Crippen LogP contribution >= 0.6 is 0 Å². The number of nitrogens with two attached hydrogens (primary N) is 1. The Labute approximate surface area is 248 Å². The predicted octanol–water partition coefficient (Wildman–Crippen LogP) is 3.38. The summed E-state index contributed by atoms with van der Waals surface area (Å²) in [6.45, 7) is 0.428. The molecule has 0 radical (unpaired) electrons. The van der Waals surface area contributed by atoms with Crippen LogP contribution in [0.1, 0.15) is 25.7 Å². The summed E-state index contributed by atoms with van der Waals surface area (Å²) in [5, 5.41) is 28.5. The number of rotatable bonds is 11. The Hall–Kier alpha value is -4.92. The number of nitrogen functional groups attached to an aromatic ring is 1. The van der Waals surface area contributed by atoms with Gasteiger partial charge in [0.1, 0.15) is 34.5 Å². The van der Waals surface area contributed by atoms with Gasteiger partial charge < -0.3 is 25.6 Å². The highest BCUT2D eigenvalue weighted by atomic mass is 16.5. The Morgan fingerprint density at radius 1 is 1.09 bits per heavy atom. The number of para-hydroxylation sites is 1. The van der Waals surface area contributed by atoms with Gasteiger partial charge in [0.15, 0.2) is 0 Å². The zero-order valence-corrected chi connectivity index (χ0v) is 23.7. The highest BCUT2D eigenvalue weighted by Crippen LogP contribution is 2.28. The normalized spacial score (nSPS) is 15.3. The third-order valence-corrected chi connectivity index (χ3v) is 7.73. The van der Waals surface area contributed by atoms with E-state index in [2.05, 4.69) is 4.98 Å². The van der Waals surface area contributed by atoms with Gasteiger partial charge in [-0.1, -0.05) is 24.3 Å². The number of fused-ring (bicyclic) bond motifs is 1. The standard InChI is InChI=1S/C32H34N6O5/c33-20-23(19-22(13-17-39)14-18-40)31(41)36-16-4-5-25(36)21-37-28-12-15-35-30(34)29(28)38(32(37)42)24-8-10-27(11-9-24)43-26-6-2-1-3-7-26/h1-3,6-12,15,19,22,25,39-40H,4-5,13-14,16-18,21H2,(H2,34,35)/b23-19+/t25-/m0/s1. The van der Waals surface area contributed by atoms with Crippen LogP contribution in [0.15, 0.2) is 83.3 Å². The van der Waals surface area contributed by atoms with Crippen LogP contribution in [0, 0.1) is 17.2 Å². The maximum atomic E-state index is 14.0. The topological polar surface area (TPSA) is 160 Å². The first-order chi connectivity index (χ1) is 20.9. The third-order valence-electron chi connectivity index (χ3n) is 7.73. The molecule has 2 aromatic carbocycles. The molecule has 1 saturated heterocycles. The van der Waals surface area contributed by atoms with E-state index >= 15 is 0 Å². The Balaban J connectivity index is 1.45. The predicted molar refractivity (Wildman–Crippen MR) is 162 cm³/mol. The number of pyridine rings is 1. The van der Waals surface area contributed by atoms with Crippen LogP contribution in [0.3, 0.4) is 0 Å². The van der Waals surface area contributed by atoms with Crippen LogP contribution in [0.2, 0.25) is 0 Å². The first-order valence-electron chi connectivity index (χ1n) is 14.3. The molecule has 4 N–H and O–H groups in total. The van der Waals surface area contributed by atoms with Crippen molar-refractivity contribution in [2.24, 2.45) is 5.92 Å². The molecule has 1 aliphatic heterocycles. The van der Waals surface area contributed by atoms with Gasteiger partial charge in [-0.25, -0.2) is 9.78 Å². The van der Waals surface area contributed by atoms with Gasteiger partial charge in [0.25, 0.3) is 5.91 Å². The molecular formula is C32H34N6O5. The Morgan fingerprint density at radius 2 is 1.79 bits per heavy atom. The van der Waals surface area contributed by atoms with E-state index in [-0.39, 0.29) is 48.8 Å². The molecule has 1 aliphatic rings. The highest BCUT2D eigenvalue weighted by Gasteiger charge is 2.32.